The molecule has 0 bridgehead atoms. The minimum Gasteiger partial charge on any atom is -0.391 e. The Morgan fingerprint density at radius 2 is 2.29 bits per heavy atom. The number of hydrogen-bond acceptors (Lipinski definition) is 3. The van der Waals surface area contributed by atoms with Gasteiger partial charge in [0.25, 0.3) is 0 Å². The van der Waals surface area contributed by atoms with Gasteiger partial charge in [0, 0.05) is 11.5 Å². The molecule has 0 saturated carbocycles. The zero-order chi connectivity index (χ0) is 11.0. The van der Waals surface area contributed by atoms with Gasteiger partial charge >= 0.3 is 0 Å². The van der Waals surface area contributed by atoms with Gasteiger partial charge in [-0.3, -0.25) is 4.99 Å². The molecule has 0 radical (unpaired) electrons. The van der Waals surface area contributed by atoms with Crippen LogP contribution in [-0.2, 0) is 4.74 Å². The van der Waals surface area contributed by atoms with Crippen LogP contribution in [-0.4, -0.2) is 37.2 Å². The van der Waals surface area contributed by atoms with Crippen molar-refractivity contribution in [1.29, 1.82) is 0 Å². The number of aliphatic hydroxyl groups excluding tert-OH is 1. The molecule has 0 aromatic heterocycles. The molecule has 0 aromatic carbocycles. The van der Waals surface area contributed by atoms with Crippen LogP contribution in [0.3, 0.4) is 0 Å². The molecule has 3 nitrogen and oxygen atoms in total. The molecule has 1 N–H and O–H groups in total. The maximum Gasteiger partial charge on any atom is 0.0895 e. The van der Waals surface area contributed by atoms with Crippen molar-refractivity contribution in [2.24, 2.45) is 4.99 Å². The lowest BCUT2D eigenvalue weighted by Gasteiger charge is -2.08. The van der Waals surface area contributed by atoms with Crippen LogP contribution in [0.1, 0.15) is 20.3 Å². The minimum absolute atomic E-state index is 0.339. The normalized spacial score (nSPS) is 15.8. The Hall–Kier alpha value is -0.190. The first-order valence-corrected chi connectivity index (χ1v) is 5.48. The summed E-state index contributed by atoms with van der Waals surface area (Å²) in [6.45, 7) is 4.52. The lowest BCUT2D eigenvalue weighted by molar-refractivity contribution is 0.0645. The second kappa shape index (κ2) is 8.15. The topological polar surface area (TPSA) is 41.8 Å². The second-order valence-corrected chi connectivity index (χ2v) is 3.85. The van der Waals surface area contributed by atoms with Crippen molar-refractivity contribution in [3.8, 4) is 0 Å². The molecule has 0 aliphatic rings. The Morgan fingerprint density at radius 3 is 2.71 bits per heavy atom. The van der Waals surface area contributed by atoms with E-state index in [0.29, 0.717) is 13.2 Å². The predicted octanol–water partition coefficient (Wildman–Crippen LogP) is 2.14. The summed E-state index contributed by atoms with van der Waals surface area (Å²) in [7, 11) is 1.73. The van der Waals surface area contributed by atoms with Gasteiger partial charge in [0.05, 0.1) is 25.0 Å². The van der Waals surface area contributed by atoms with Crippen molar-refractivity contribution < 1.29 is 9.84 Å². The van der Waals surface area contributed by atoms with Crippen LogP contribution >= 0.6 is 15.9 Å². The average Bonchev–Trinajstić information content (AvgIpc) is 2.12. The molecule has 0 heterocycles. The van der Waals surface area contributed by atoms with Crippen molar-refractivity contribution in [2.75, 3.05) is 20.3 Å². The lowest BCUT2D eigenvalue weighted by atomic mass is 10.3. The van der Waals surface area contributed by atoms with Gasteiger partial charge in [-0.1, -0.05) is 13.0 Å². The van der Waals surface area contributed by atoms with E-state index < -0.39 is 6.10 Å². The van der Waals surface area contributed by atoms with Crippen LogP contribution in [0.4, 0.5) is 0 Å². The Kier molecular flexibility index (Phi) is 8.04. The van der Waals surface area contributed by atoms with Crippen molar-refractivity contribution in [3.05, 3.63) is 10.6 Å². The minimum atomic E-state index is -0.429. The van der Waals surface area contributed by atoms with Crippen molar-refractivity contribution in [1.82, 2.24) is 0 Å². The molecular weight excluding hydrogens is 246 g/mol. The molecule has 1 atom stereocenters. The van der Waals surface area contributed by atoms with Gasteiger partial charge in [-0.25, -0.2) is 0 Å². The highest BCUT2D eigenvalue weighted by Gasteiger charge is 2.03. The van der Waals surface area contributed by atoms with Crippen LogP contribution in [0, 0.1) is 0 Å². The van der Waals surface area contributed by atoms with Crippen molar-refractivity contribution >= 4 is 21.6 Å². The Morgan fingerprint density at radius 1 is 1.64 bits per heavy atom. The second-order valence-electron chi connectivity index (χ2n) is 2.99. The Labute approximate surface area is 94.0 Å². The monoisotopic (exact) mass is 263 g/mol. The van der Waals surface area contributed by atoms with E-state index in [-0.39, 0.29) is 0 Å². The average molecular weight is 264 g/mol. The number of allylic oxidation sites excluding steroid dienone is 1. The summed E-state index contributed by atoms with van der Waals surface area (Å²) in [5, 5.41) is 8.99. The van der Waals surface area contributed by atoms with Gasteiger partial charge in [0.1, 0.15) is 0 Å². The molecule has 1 unspecified atom stereocenters. The number of hydrogen-bond donors (Lipinski definition) is 1. The van der Waals surface area contributed by atoms with Crippen LogP contribution in [0.2, 0.25) is 0 Å². The number of nitrogens with zero attached hydrogens (tertiary/aromatic N) is 1. The zero-order valence-electron chi connectivity index (χ0n) is 8.96. The molecule has 14 heavy (non-hydrogen) atoms. The SMILES string of the molecule is CC/C=C(/Br)C(COCC(C)O)=NC. The summed E-state index contributed by atoms with van der Waals surface area (Å²) in [5.74, 6) is 0. The summed E-state index contributed by atoms with van der Waals surface area (Å²) in [5.41, 5.74) is 0.868. The van der Waals surface area contributed by atoms with E-state index in [2.05, 4.69) is 27.8 Å². The molecule has 0 amide bonds. The molecular formula is C10H18BrNO2. The highest BCUT2D eigenvalue weighted by Crippen LogP contribution is 2.09. The van der Waals surface area contributed by atoms with E-state index in [1.165, 1.54) is 0 Å². The van der Waals surface area contributed by atoms with Gasteiger partial charge in [-0.05, 0) is 29.3 Å². The number of aliphatic imine (C=N–C) groups is 1. The summed E-state index contributed by atoms with van der Waals surface area (Å²) < 4.78 is 6.23. The van der Waals surface area contributed by atoms with Gasteiger partial charge in [-0.2, -0.15) is 0 Å². The summed E-state index contributed by atoms with van der Waals surface area (Å²) in [6.07, 6.45) is 2.56. The van der Waals surface area contributed by atoms with E-state index in [0.717, 1.165) is 16.6 Å². The quantitative estimate of drug-likeness (QED) is 0.747. The molecule has 0 saturated heterocycles. The van der Waals surface area contributed by atoms with Gasteiger partial charge in [0.15, 0.2) is 0 Å². The third kappa shape index (κ3) is 6.29. The van der Waals surface area contributed by atoms with Crippen LogP contribution in [0.25, 0.3) is 0 Å². The van der Waals surface area contributed by atoms with E-state index in [1.807, 2.05) is 6.08 Å². The molecule has 0 spiro atoms. The lowest BCUT2D eigenvalue weighted by Crippen LogP contribution is -2.16. The maximum atomic E-state index is 8.99. The van der Waals surface area contributed by atoms with Crippen molar-refractivity contribution in [2.45, 2.75) is 26.4 Å². The van der Waals surface area contributed by atoms with Gasteiger partial charge in [-0.15, -0.1) is 0 Å². The van der Waals surface area contributed by atoms with Crippen LogP contribution in [0.5, 0.6) is 0 Å². The predicted molar refractivity (Wildman–Crippen MR) is 63.2 cm³/mol. The van der Waals surface area contributed by atoms with E-state index in [1.54, 1.807) is 14.0 Å². The first-order valence-electron chi connectivity index (χ1n) is 4.69. The highest BCUT2D eigenvalue weighted by atomic mass is 79.9. The van der Waals surface area contributed by atoms with E-state index in [4.69, 9.17) is 9.84 Å². The number of aliphatic hydroxyl groups is 1. The summed E-state index contributed by atoms with van der Waals surface area (Å²) in [4.78, 5) is 4.10. The highest BCUT2D eigenvalue weighted by molar-refractivity contribution is 9.12. The molecule has 0 rings (SSSR count). The fraction of sp³-hybridized carbons (Fsp3) is 0.700. The Balaban J connectivity index is 3.99. The molecule has 0 aromatic rings. The molecule has 4 heteroatoms. The van der Waals surface area contributed by atoms with E-state index in [9.17, 15) is 0 Å². The molecule has 82 valence electrons. The largest absolute Gasteiger partial charge is 0.391 e. The standard InChI is InChI=1S/C10H18BrNO2/c1-4-5-9(11)10(12-3)7-14-6-8(2)13/h5,8,13H,4,6-7H2,1-3H3/b9-5+,12-10?. The fourth-order valence-electron chi connectivity index (χ4n) is 0.863. The zero-order valence-corrected chi connectivity index (χ0v) is 10.5. The van der Waals surface area contributed by atoms with Crippen LogP contribution < -0.4 is 0 Å². The fourth-order valence-corrected chi connectivity index (χ4v) is 1.48. The molecule has 0 aliphatic heterocycles. The van der Waals surface area contributed by atoms with Gasteiger partial charge < -0.3 is 9.84 Å². The summed E-state index contributed by atoms with van der Waals surface area (Å²) >= 11 is 3.42. The molecule has 0 fully saturated rings. The smallest absolute Gasteiger partial charge is 0.0895 e. The third-order valence-corrected chi connectivity index (χ3v) is 2.31. The summed E-state index contributed by atoms with van der Waals surface area (Å²) in [6, 6.07) is 0. The van der Waals surface area contributed by atoms with Crippen LogP contribution in [0.15, 0.2) is 15.6 Å². The first kappa shape index (κ1) is 13.8. The maximum absolute atomic E-state index is 8.99. The molecule has 0 aliphatic carbocycles. The number of ether oxygens (including phenoxy) is 1. The number of rotatable bonds is 6. The third-order valence-electron chi connectivity index (χ3n) is 1.53. The first-order chi connectivity index (χ1) is 6.61. The van der Waals surface area contributed by atoms with Gasteiger partial charge in [0.2, 0.25) is 0 Å². The number of halogens is 1. The van der Waals surface area contributed by atoms with E-state index >= 15 is 0 Å². The van der Waals surface area contributed by atoms with Crippen molar-refractivity contribution in [3.63, 3.8) is 0 Å². The Bertz CT molecular complexity index is 212.